The summed E-state index contributed by atoms with van der Waals surface area (Å²) in [5.41, 5.74) is -8.06. The highest BCUT2D eigenvalue weighted by Crippen LogP contribution is 2.31. The molecule has 0 aromatic carbocycles. The maximum absolute atomic E-state index is 12.5. The van der Waals surface area contributed by atoms with Crippen molar-refractivity contribution in [2.75, 3.05) is 20.3 Å². The molecule has 0 aliphatic carbocycles. The average Bonchev–Trinajstić information content (AvgIpc) is 2.92. The molecule has 1 aromatic heterocycles. The van der Waals surface area contributed by atoms with Gasteiger partial charge in [-0.1, -0.05) is 0 Å². The summed E-state index contributed by atoms with van der Waals surface area (Å²) in [4.78, 5) is 24.1. The van der Waals surface area contributed by atoms with Gasteiger partial charge < -0.3 is 18.2 Å². The zero-order valence-electron chi connectivity index (χ0n) is 13.1. The lowest BCUT2D eigenvalue weighted by Crippen LogP contribution is -2.39. The summed E-state index contributed by atoms with van der Waals surface area (Å²) in [6.45, 7) is 2.13. The summed E-state index contributed by atoms with van der Waals surface area (Å²) in [5, 5.41) is 0. The van der Waals surface area contributed by atoms with Gasteiger partial charge >= 0.3 is 21.6 Å². The minimum atomic E-state index is -6.06. The second-order valence-electron chi connectivity index (χ2n) is 5.53. The summed E-state index contributed by atoms with van der Waals surface area (Å²) >= 11 is 0. The molecule has 0 radical (unpaired) electrons. The lowest BCUT2D eigenvalue weighted by atomic mass is 10.0. The third kappa shape index (κ3) is 3.63. The van der Waals surface area contributed by atoms with Gasteiger partial charge in [-0.15, -0.1) is 0 Å². The molecule has 1 aliphatic heterocycles. The Balaban J connectivity index is 2.60. The zero-order valence-corrected chi connectivity index (χ0v) is 13.9. The predicted molar refractivity (Wildman–Crippen MR) is 76.7 cm³/mol. The van der Waals surface area contributed by atoms with Gasteiger partial charge in [-0.2, -0.15) is 21.6 Å². The average molecular weight is 385 g/mol. The fourth-order valence-electron chi connectivity index (χ4n) is 2.28. The number of pyridine rings is 1. The number of carbonyl (C=O) groups is 1. The van der Waals surface area contributed by atoms with Gasteiger partial charge in [-0.3, -0.25) is 4.79 Å². The van der Waals surface area contributed by atoms with E-state index < -0.39 is 44.0 Å². The van der Waals surface area contributed by atoms with Crippen LogP contribution in [0.25, 0.3) is 0 Å². The van der Waals surface area contributed by atoms with E-state index in [9.17, 15) is 31.2 Å². The fourth-order valence-corrected chi connectivity index (χ4v) is 2.75. The van der Waals surface area contributed by atoms with Crippen molar-refractivity contribution in [3.63, 3.8) is 0 Å². The molecule has 1 aromatic rings. The quantitative estimate of drug-likeness (QED) is 0.433. The Labute approximate surface area is 140 Å². The van der Waals surface area contributed by atoms with Crippen LogP contribution >= 0.6 is 0 Å². The van der Waals surface area contributed by atoms with Gasteiger partial charge in [0.2, 0.25) is 0 Å². The Kier molecular flexibility index (Phi) is 4.88. The van der Waals surface area contributed by atoms with Crippen LogP contribution in [0.4, 0.5) is 13.2 Å². The molecule has 0 saturated carbocycles. The fraction of sp³-hybridized carbons (Fsp3) is 0.538. The summed E-state index contributed by atoms with van der Waals surface area (Å²) in [6.07, 6.45) is 1.32. The minimum Gasteiger partial charge on any atom is -0.465 e. The van der Waals surface area contributed by atoms with Gasteiger partial charge in [0, 0.05) is 18.9 Å². The van der Waals surface area contributed by atoms with E-state index in [-0.39, 0.29) is 6.61 Å². The summed E-state index contributed by atoms with van der Waals surface area (Å²) in [6, 6.07) is 0.499. The molecule has 1 atom stereocenters. The monoisotopic (exact) mass is 385 g/mol. The van der Waals surface area contributed by atoms with Gasteiger partial charge in [0.05, 0.1) is 19.3 Å². The van der Waals surface area contributed by atoms with Crippen molar-refractivity contribution >= 4 is 16.1 Å². The topological polar surface area (TPSA) is 101 Å². The van der Waals surface area contributed by atoms with Gasteiger partial charge in [-0.05, 0) is 13.3 Å². The third-order valence-electron chi connectivity index (χ3n) is 3.68. The molecule has 1 saturated heterocycles. The first-order chi connectivity index (χ1) is 11.4. The smallest absolute Gasteiger partial charge is 0.465 e. The van der Waals surface area contributed by atoms with Crippen molar-refractivity contribution in [3.05, 3.63) is 28.2 Å². The van der Waals surface area contributed by atoms with Crippen LogP contribution in [0, 0.1) is 0 Å². The number of esters is 1. The molecule has 0 bridgehead atoms. The Hall–Kier alpha value is -2.08. The number of alkyl halides is 3. The third-order valence-corrected chi connectivity index (χ3v) is 4.65. The van der Waals surface area contributed by atoms with E-state index in [0.29, 0.717) is 19.1 Å². The van der Waals surface area contributed by atoms with Crippen molar-refractivity contribution in [1.82, 2.24) is 4.57 Å². The molecule has 2 rings (SSSR count). The van der Waals surface area contributed by atoms with Crippen molar-refractivity contribution in [3.8, 4) is 5.75 Å². The van der Waals surface area contributed by atoms with Crippen LogP contribution in [0.2, 0.25) is 0 Å². The second-order valence-corrected chi connectivity index (χ2v) is 7.07. The van der Waals surface area contributed by atoms with E-state index in [0.717, 1.165) is 17.9 Å². The van der Waals surface area contributed by atoms with E-state index >= 15 is 0 Å². The van der Waals surface area contributed by atoms with Crippen molar-refractivity contribution in [2.24, 2.45) is 0 Å². The van der Waals surface area contributed by atoms with Crippen LogP contribution < -0.4 is 9.74 Å². The first kappa shape index (κ1) is 19.2. The first-order valence-corrected chi connectivity index (χ1v) is 8.26. The molecule has 25 heavy (non-hydrogen) atoms. The Morgan fingerprint density at radius 2 is 2.04 bits per heavy atom. The van der Waals surface area contributed by atoms with Crippen LogP contribution in [-0.2, 0) is 25.1 Å². The van der Waals surface area contributed by atoms with E-state index in [2.05, 4.69) is 8.92 Å². The van der Waals surface area contributed by atoms with E-state index in [1.165, 1.54) is 0 Å². The van der Waals surface area contributed by atoms with Crippen LogP contribution in [0.1, 0.15) is 23.7 Å². The van der Waals surface area contributed by atoms with Crippen molar-refractivity contribution < 1.29 is 40.0 Å². The molecule has 1 aliphatic rings. The number of ether oxygens (including phenoxy) is 2. The zero-order chi connectivity index (χ0) is 19.0. The molecule has 1 unspecified atom stereocenters. The first-order valence-electron chi connectivity index (χ1n) is 6.85. The highest BCUT2D eigenvalue weighted by Gasteiger charge is 2.49. The van der Waals surface area contributed by atoms with Crippen LogP contribution in [0.3, 0.4) is 0 Å². The molecular weight excluding hydrogens is 371 g/mol. The molecule has 0 amide bonds. The minimum absolute atomic E-state index is 0.134. The number of methoxy groups -OCH3 is 1. The second kappa shape index (κ2) is 6.33. The predicted octanol–water partition coefficient (Wildman–Crippen LogP) is 0.999. The number of hydrogen-bond donors (Lipinski definition) is 0. The molecule has 1 fully saturated rings. The number of rotatable bonds is 4. The Bertz CT molecular complexity index is 838. The number of nitrogens with zero attached hydrogens (tertiary/aromatic N) is 1. The van der Waals surface area contributed by atoms with E-state index in [1.54, 1.807) is 6.92 Å². The molecule has 2 heterocycles. The highest BCUT2D eigenvalue weighted by molar-refractivity contribution is 7.88. The summed E-state index contributed by atoms with van der Waals surface area (Å²) in [7, 11) is -5.11. The number of hydrogen-bond acceptors (Lipinski definition) is 7. The lowest BCUT2D eigenvalue weighted by molar-refractivity contribution is -0.0500. The Morgan fingerprint density at radius 3 is 2.52 bits per heavy atom. The van der Waals surface area contributed by atoms with Crippen LogP contribution in [-0.4, -0.2) is 44.8 Å². The van der Waals surface area contributed by atoms with Crippen LogP contribution in [0.5, 0.6) is 5.75 Å². The van der Waals surface area contributed by atoms with Gasteiger partial charge in [0.1, 0.15) is 5.56 Å². The summed E-state index contributed by atoms with van der Waals surface area (Å²) in [5.74, 6) is -2.23. The summed E-state index contributed by atoms with van der Waals surface area (Å²) < 4.78 is 74.5. The van der Waals surface area contributed by atoms with Gasteiger partial charge in [-0.25, -0.2) is 4.79 Å². The standard InChI is InChI=1S/C13H14F3NO7S/c1-12(3-4-23-7-12)17-6-8(11(19)22-2)9(5-10(17)18)24-25(20,21)13(14,15)16/h5-6H,3-4,7H2,1-2H3. The lowest BCUT2D eigenvalue weighted by Gasteiger charge is -2.26. The molecule has 0 spiro atoms. The van der Waals surface area contributed by atoms with Gasteiger partial charge in [0.25, 0.3) is 5.56 Å². The Morgan fingerprint density at radius 1 is 1.40 bits per heavy atom. The van der Waals surface area contributed by atoms with Crippen molar-refractivity contribution in [1.29, 1.82) is 0 Å². The van der Waals surface area contributed by atoms with Gasteiger partial charge in [0.15, 0.2) is 5.75 Å². The molecular formula is C13H14F3NO7S. The van der Waals surface area contributed by atoms with Crippen LogP contribution in [0.15, 0.2) is 17.1 Å². The largest absolute Gasteiger partial charge is 0.534 e. The normalized spacial score (nSPS) is 21.2. The molecule has 8 nitrogen and oxygen atoms in total. The van der Waals surface area contributed by atoms with E-state index in [1.807, 2.05) is 0 Å². The number of halogens is 3. The van der Waals surface area contributed by atoms with E-state index in [4.69, 9.17) is 4.74 Å². The van der Waals surface area contributed by atoms with Crippen molar-refractivity contribution in [2.45, 2.75) is 24.4 Å². The molecule has 12 heteroatoms. The molecule has 140 valence electrons. The highest BCUT2D eigenvalue weighted by atomic mass is 32.2. The molecule has 0 N–H and O–H groups in total. The number of carbonyl (C=O) groups excluding carboxylic acids is 1. The SMILES string of the molecule is COC(=O)c1cn(C2(C)CCOC2)c(=O)cc1OS(=O)(=O)C(F)(F)F. The maximum atomic E-state index is 12.5. The maximum Gasteiger partial charge on any atom is 0.534 e. The number of aromatic nitrogens is 1.